The van der Waals surface area contributed by atoms with Crippen molar-refractivity contribution in [2.24, 2.45) is 11.3 Å². The molecule has 2 aliphatic rings. The monoisotopic (exact) mass is 370 g/mol. The number of carbonyl (C=O) groups is 2. The van der Waals surface area contributed by atoms with Crippen LogP contribution < -0.4 is 4.74 Å². The highest BCUT2D eigenvalue weighted by molar-refractivity contribution is 5.87. The van der Waals surface area contributed by atoms with Crippen LogP contribution in [0.4, 0.5) is 0 Å². The van der Waals surface area contributed by atoms with Gasteiger partial charge in [-0.05, 0) is 31.1 Å². The molecule has 1 saturated heterocycles. The number of amides is 2. The van der Waals surface area contributed by atoms with Crippen LogP contribution in [0.3, 0.4) is 0 Å². The van der Waals surface area contributed by atoms with E-state index in [2.05, 4.69) is 20.4 Å². The topological polar surface area (TPSA) is 49.9 Å². The Labute approximate surface area is 162 Å². The second kappa shape index (κ2) is 7.75. The van der Waals surface area contributed by atoms with Gasteiger partial charge in [0.1, 0.15) is 11.9 Å². The van der Waals surface area contributed by atoms with E-state index in [0.29, 0.717) is 13.1 Å². The zero-order valence-corrected chi connectivity index (χ0v) is 16.6. The molecule has 1 aromatic rings. The number of benzene rings is 1. The van der Waals surface area contributed by atoms with Gasteiger partial charge in [0.25, 0.3) is 0 Å². The third-order valence-corrected chi connectivity index (χ3v) is 6.29. The minimum absolute atomic E-state index is 0.00578. The summed E-state index contributed by atoms with van der Waals surface area (Å²) in [5.74, 6) is 1.02. The molecule has 2 amide bonds. The lowest BCUT2D eigenvalue weighted by molar-refractivity contribution is -0.155. The zero-order chi connectivity index (χ0) is 19.6. The Morgan fingerprint density at radius 1 is 1.22 bits per heavy atom. The molecule has 0 radical (unpaired) electrons. The minimum atomic E-state index is -0.0975. The normalized spacial score (nSPS) is 24.6. The number of likely N-dealkylation sites (tertiary alicyclic amines) is 1. The van der Waals surface area contributed by atoms with Crippen molar-refractivity contribution in [3.8, 4) is 5.75 Å². The van der Waals surface area contributed by atoms with Crippen molar-refractivity contribution in [3.05, 3.63) is 43.0 Å². The summed E-state index contributed by atoms with van der Waals surface area (Å²) in [6.07, 6.45) is 3.74. The SMILES string of the molecule is C=CC(=O)N1CCC(C(=O)N(C)C2CC(Oc3ccccc3)C2(C)C)CC1. The number of hydrogen-bond acceptors (Lipinski definition) is 3. The lowest BCUT2D eigenvalue weighted by Crippen LogP contribution is -2.64. The molecule has 2 atom stereocenters. The van der Waals surface area contributed by atoms with Crippen LogP contribution in [0.25, 0.3) is 0 Å². The van der Waals surface area contributed by atoms with Gasteiger partial charge in [0, 0.05) is 43.9 Å². The van der Waals surface area contributed by atoms with Crippen LogP contribution in [0.2, 0.25) is 0 Å². The lowest BCUT2D eigenvalue weighted by Gasteiger charge is -2.55. The first-order valence-corrected chi connectivity index (χ1v) is 9.74. The maximum absolute atomic E-state index is 13.0. The fraction of sp³-hybridized carbons (Fsp3) is 0.545. The van der Waals surface area contributed by atoms with Crippen LogP contribution in [0, 0.1) is 11.3 Å². The van der Waals surface area contributed by atoms with Gasteiger partial charge in [-0.1, -0.05) is 38.6 Å². The van der Waals surface area contributed by atoms with Gasteiger partial charge in [0.05, 0.1) is 0 Å². The third kappa shape index (κ3) is 3.87. The smallest absolute Gasteiger partial charge is 0.245 e. The maximum atomic E-state index is 13.0. The van der Waals surface area contributed by atoms with E-state index in [9.17, 15) is 9.59 Å². The molecule has 1 aromatic carbocycles. The number of para-hydroxylation sites is 1. The van der Waals surface area contributed by atoms with Gasteiger partial charge in [0.2, 0.25) is 11.8 Å². The Bertz CT molecular complexity index is 693. The van der Waals surface area contributed by atoms with Crippen molar-refractivity contribution in [1.29, 1.82) is 0 Å². The van der Waals surface area contributed by atoms with E-state index >= 15 is 0 Å². The van der Waals surface area contributed by atoms with E-state index in [1.54, 1.807) is 4.90 Å². The van der Waals surface area contributed by atoms with Gasteiger partial charge < -0.3 is 14.5 Å². The molecule has 5 nitrogen and oxygen atoms in total. The fourth-order valence-corrected chi connectivity index (χ4v) is 4.30. The second-order valence-electron chi connectivity index (χ2n) is 8.25. The van der Waals surface area contributed by atoms with Crippen molar-refractivity contribution in [1.82, 2.24) is 9.80 Å². The van der Waals surface area contributed by atoms with Gasteiger partial charge >= 0.3 is 0 Å². The van der Waals surface area contributed by atoms with Crippen molar-refractivity contribution in [3.63, 3.8) is 0 Å². The first kappa shape index (κ1) is 19.5. The molecule has 0 N–H and O–H groups in total. The summed E-state index contributed by atoms with van der Waals surface area (Å²) in [7, 11) is 1.91. The van der Waals surface area contributed by atoms with Crippen LogP contribution in [0.1, 0.15) is 33.1 Å². The van der Waals surface area contributed by atoms with Gasteiger partial charge in [-0.15, -0.1) is 0 Å². The zero-order valence-electron chi connectivity index (χ0n) is 16.6. The predicted molar refractivity (Wildman–Crippen MR) is 105 cm³/mol. The Kier molecular flexibility index (Phi) is 5.59. The minimum Gasteiger partial charge on any atom is -0.490 e. The molecule has 1 heterocycles. The lowest BCUT2D eigenvalue weighted by atomic mass is 9.63. The number of piperidine rings is 1. The van der Waals surface area contributed by atoms with E-state index in [0.717, 1.165) is 25.0 Å². The maximum Gasteiger partial charge on any atom is 0.245 e. The van der Waals surface area contributed by atoms with Crippen LogP contribution in [-0.4, -0.2) is 53.9 Å². The van der Waals surface area contributed by atoms with Crippen LogP contribution in [0.5, 0.6) is 5.75 Å². The van der Waals surface area contributed by atoms with E-state index in [1.165, 1.54) is 6.08 Å². The van der Waals surface area contributed by atoms with Crippen LogP contribution in [-0.2, 0) is 9.59 Å². The molecule has 146 valence electrons. The Morgan fingerprint density at radius 2 is 1.85 bits per heavy atom. The van der Waals surface area contributed by atoms with E-state index < -0.39 is 0 Å². The fourth-order valence-electron chi connectivity index (χ4n) is 4.30. The molecule has 0 aromatic heterocycles. The molecule has 27 heavy (non-hydrogen) atoms. The van der Waals surface area contributed by atoms with E-state index in [1.807, 2.05) is 42.3 Å². The van der Waals surface area contributed by atoms with Gasteiger partial charge in [-0.2, -0.15) is 0 Å². The van der Waals surface area contributed by atoms with E-state index in [-0.39, 0.29) is 35.3 Å². The van der Waals surface area contributed by atoms with Crippen molar-refractivity contribution in [2.75, 3.05) is 20.1 Å². The van der Waals surface area contributed by atoms with Crippen molar-refractivity contribution < 1.29 is 14.3 Å². The molecular weight excluding hydrogens is 340 g/mol. The van der Waals surface area contributed by atoms with Crippen LogP contribution >= 0.6 is 0 Å². The molecule has 1 saturated carbocycles. The number of nitrogens with zero attached hydrogens (tertiary/aromatic N) is 2. The quantitative estimate of drug-likeness (QED) is 0.749. The van der Waals surface area contributed by atoms with E-state index in [4.69, 9.17) is 4.74 Å². The number of carbonyl (C=O) groups excluding carboxylic acids is 2. The second-order valence-corrected chi connectivity index (χ2v) is 8.25. The Balaban J connectivity index is 1.55. The summed E-state index contributed by atoms with van der Waals surface area (Å²) in [4.78, 5) is 28.4. The average molecular weight is 370 g/mol. The predicted octanol–water partition coefficient (Wildman–Crippen LogP) is 3.12. The summed E-state index contributed by atoms with van der Waals surface area (Å²) in [6, 6.07) is 10.0. The first-order valence-electron chi connectivity index (χ1n) is 9.74. The molecule has 0 bridgehead atoms. The average Bonchev–Trinajstić information content (AvgIpc) is 2.70. The summed E-state index contributed by atoms with van der Waals surface area (Å²) in [6.45, 7) is 9.13. The highest BCUT2D eigenvalue weighted by atomic mass is 16.5. The standard InChI is InChI=1S/C22H30N2O3/c1-5-20(25)24-13-11-16(12-14-24)21(26)23(4)18-15-19(22(18,2)3)27-17-9-7-6-8-10-17/h5-10,16,18-19H,1,11-15H2,2-4H3. The third-order valence-electron chi connectivity index (χ3n) is 6.29. The molecule has 2 unspecified atom stereocenters. The molecule has 1 aliphatic carbocycles. The summed E-state index contributed by atoms with van der Waals surface area (Å²) in [5.41, 5.74) is -0.0975. The number of hydrogen-bond donors (Lipinski definition) is 0. The largest absolute Gasteiger partial charge is 0.490 e. The van der Waals surface area contributed by atoms with Crippen molar-refractivity contribution >= 4 is 11.8 Å². The summed E-state index contributed by atoms with van der Waals surface area (Å²) >= 11 is 0. The number of rotatable bonds is 5. The number of ether oxygens (including phenoxy) is 1. The summed E-state index contributed by atoms with van der Waals surface area (Å²) < 4.78 is 6.13. The molecular formula is C22H30N2O3. The Morgan fingerprint density at radius 3 is 2.41 bits per heavy atom. The van der Waals surface area contributed by atoms with Crippen molar-refractivity contribution in [2.45, 2.75) is 45.3 Å². The van der Waals surface area contributed by atoms with Gasteiger partial charge in [-0.25, -0.2) is 0 Å². The first-order chi connectivity index (χ1) is 12.8. The molecule has 1 aliphatic heterocycles. The highest BCUT2D eigenvalue weighted by Gasteiger charge is 2.53. The molecule has 0 spiro atoms. The van der Waals surface area contributed by atoms with Gasteiger partial charge in [-0.3, -0.25) is 9.59 Å². The van der Waals surface area contributed by atoms with Gasteiger partial charge in [0.15, 0.2) is 0 Å². The molecule has 5 heteroatoms. The Hall–Kier alpha value is -2.30. The molecule has 2 fully saturated rings. The van der Waals surface area contributed by atoms with Crippen LogP contribution in [0.15, 0.2) is 43.0 Å². The molecule has 3 rings (SSSR count). The summed E-state index contributed by atoms with van der Waals surface area (Å²) in [5, 5.41) is 0. The highest BCUT2D eigenvalue weighted by Crippen LogP contribution is 2.46.